The summed E-state index contributed by atoms with van der Waals surface area (Å²) in [6.45, 7) is 3.72. The summed E-state index contributed by atoms with van der Waals surface area (Å²) in [6.07, 6.45) is 3.04. The van der Waals surface area contributed by atoms with Crippen LogP contribution in [0.15, 0.2) is 47.5 Å². The second kappa shape index (κ2) is 11.5. The molecule has 168 valence electrons. The van der Waals surface area contributed by atoms with Gasteiger partial charge in [-0.1, -0.05) is 12.1 Å². The molecule has 1 atom stereocenters. The zero-order valence-corrected chi connectivity index (χ0v) is 18.7. The number of nitrogens with one attached hydrogen (secondary N) is 2. The van der Waals surface area contributed by atoms with E-state index in [-0.39, 0.29) is 0 Å². The van der Waals surface area contributed by atoms with Crippen molar-refractivity contribution in [1.29, 1.82) is 0 Å². The molecular formula is C24H34N4O3. The molecule has 3 N–H and O–H groups in total. The predicted octanol–water partition coefficient (Wildman–Crippen LogP) is 2.78. The Morgan fingerprint density at radius 1 is 1.10 bits per heavy atom. The van der Waals surface area contributed by atoms with Crippen molar-refractivity contribution in [3.63, 3.8) is 0 Å². The van der Waals surface area contributed by atoms with E-state index in [9.17, 15) is 5.11 Å². The standard InChI is InChI=1S/C24H34N4O3/c1-25-24(26-11-4-5-18-6-8-21(29)9-7-18)27-20-10-12-28(17-20)16-19-13-22(30-2)15-23(14-19)31-3/h6-9,13-15,20,29H,4-5,10-12,16-17H2,1-3H3,(H2,25,26,27). The number of aromatic hydroxyl groups is 1. The molecule has 7 nitrogen and oxygen atoms in total. The molecule has 0 radical (unpaired) electrons. The molecule has 1 aliphatic heterocycles. The first-order chi connectivity index (χ1) is 15.1. The van der Waals surface area contributed by atoms with Crippen LogP contribution in [0.3, 0.4) is 0 Å². The Labute approximate surface area is 185 Å². The highest BCUT2D eigenvalue weighted by molar-refractivity contribution is 5.80. The van der Waals surface area contributed by atoms with E-state index in [1.54, 1.807) is 26.4 Å². The molecule has 2 aromatic carbocycles. The molecule has 0 bridgehead atoms. The molecule has 1 fully saturated rings. The smallest absolute Gasteiger partial charge is 0.191 e. The summed E-state index contributed by atoms with van der Waals surface area (Å²) in [5.41, 5.74) is 2.41. The van der Waals surface area contributed by atoms with Crippen LogP contribution in [0.4, 0.5) is 0 Å². The monoisotopic (exact) mass is 426 g/mol. The number of aliphatic imine (C=N–C) groups is 1. The van der Waals surface area contributed by atoms with E-state index in [0.29, 0.717) is 11.8 Å². The highest BCUT2D eigenvalue weighted by Crippen LogP contribution is 2.24. The summed E-state index contributed by atoms with van der Waals surface area (Å²) in [4.78, 5) is 6.81. The van der Waals surface area contributed by atoms with E-state index in [4.69, 9.17) is 9.47 Å². The third-order valence-corrected chi connectivity index (χ3v) is 5.53. The SMILES string of the molecule is CN=C(NCCCc1ccc(O)cc1)NC1CCN(Cc2cc(OC)cc(OC)c2)C1. The number of hydrogen-bond donors (Lipinski definition) is 3. The minimum absolute atomic E-state index is 0.308. The highest BCUT2D eigenvalue weighted by Gasteiger charge is 2.23. The van der Waals surface area contributed by atoms with Gasteiger partial charge < -0.3 is 25.2 Å². The third-order valence-electron chi connectivity index (χ3n) is 5.53. The minimum atomic E-state index is 0.308. The second-order valence-electron chi connectivity index (χ2n) is 7.85. The van der Waals surface area contributed by atoms with Crippen LogP contribution in [0.1, 0.15) is 24.0 Å². The van der Waals surface area contributed by atoms with Crippen LogP contribution in [0, 0.1) is 0 Å². The lowest BCUT2D eigenvalue weighted by molar-refractivity contribution is 0.321. The first kappa shape index (κ1) is 22.7. The van der Waals surface area contributed by atoms with Crippen molar-refractivity contribution in [1.82, 2.24) is 15.5 Å². The van der Waals surface area contributed by atoms with Crippen molar-refractivity contribution in [3.8, 4) is 17.2 Å². The van der Waals surface area contributed by atoms with Gasteiger partial charge in [0.2, 0.25) is 0 Å². The average molecular weight is 427 g/mol. The summed E-state index contributed by atoms with van der Waals surface area (Å²) < 4.78 is 10.8. The van der Waals surface area contributed by atoms with E-state index in [0.717, 1.165) is 62.9 Å². The van der Waals surface area contributed by atoms with Crippen molar-refractivity contribution in [3.05, 3.63) is 53.6 Å². The normalized spacial score (nSPS) is 16.9. The molecule has 7 heteroatoms. The average Bonchev–Trinajstić information content (AvgIpc) is 3.23. The van der Waals surface area contributed by atoms with E-state index in [1.807, 2.05) is 25.2 Å². The van der Waals surface area contributed by atoms with Gasteiger partial charge in [-0.05, 0) is 54.7 Å². The van der Waals surface area contributed by atoms with Gasteiger partial charge >= 0.3 is 0 Å². The van der Waals surface area contributed by atoms with E-state index < -0.39 is 0 Å². The zero-order valence-electron chi connectivity index (χ0n) is 18.7. The van der Waals surface area contributed by atoms with Gasteiger partial charge in [0.25, 0.3) is 0 Å². The molecule has 2 aromatic rings. The summed E-state index contributed by atoms with van der Waals surface area (Å²) in [6, 6.07) is 13.8. The maximum atomic E-state index is 9.37. The van der Waals surface area contributed by atoms with Crippen LogP contribution in [-0.4, -0.2) is 62.9 Å². The van der Waals surface area contributed by atoms with Crippen molar-refractivity contribution in [2.45, 2.75) is 31.8 Å². The lowest BCUT2D eigenvalue weighted by Gasteiger charge is -2.19. The lowest BCUT2D eigenvalue weighted by Crippen LogP contribution is -2.44. The first-order valence-electron chi connectivity index (χ1n) is 10.8. The van der Waals surface area contributed by atoms with E-state index in [1.165, 1.54) is 11.1 Å². The van der Waals surface area contributed by atoms with Crippen molar-refractivity contribution in [2.24, 2.45) is 4.99 Å². The molecule has 1 heterocycles. The molecule has 0 aromatic heterocycles. The lowest BCUT2D eigenvalue weighted by atomic mass is 10.1. The molecular weight excluding hydrogens is 392 g/mol. The van der Waals surface area contributed by atoms with Crippen LogP contribution >= 0.6 is 0 Å². The molecule has 1 saturated heterocycles. The van der Waals surface area contributed by atoms with Gasteiger partial charge in [0, 0.05) is 45.3 Å². The fourth-order valence-electron chi connectivity index (χ4n) is 3.86. The Morgan fingerprint density at radius 3 is 2.45 bits per heavy atom. The van der Waals surface area contributed by atoms with Crippen molar-refractivity contribution in [2.75, 3.05) is 40.9 Å². The van der Waals surface area contributed by atoms with Gasteiger partial charge in [0.05, 0.1) is 14.2 Å². The summed E-state index contributed by atoms with van der Waals surface area (Å²) in [5, 5.41) is 16.3. The molecule has 0 spiro atoms. The number of ether oxygens (including phenoxy) is 2. The first-order valence-corrected chi connectivity index (χ1v) is 10.8. The summed E-state index contributed by atoms with van der Waals surface area (Å²) >= 11 is 0. The Balaban J connectivity index is 1.41. The molecule has 3 rings (SSSR count). The van der Waals surface area contributed by atoms with Crippen LogP contribution in [-0.2, 0) is 13.0 Å². The van der Waals surface area contributed by atoms with Crippen LogP contribution in [0.25, 0.3) is 0 Å². The fraction of sp³-hybridized carbons (Fsp3) is 0.458. The summed E-state index contributed by atoms with van der Waals surface area (Å²) in [7, 11) is 5.17. The van der Waals surface area contributed by atoms with Crippen LogP contribution in [0.5, 0.6) is 17.2 Å². The number of hydrogen-bond acceptors (Lipinski definition) is 5. The Hall–Kier alpha value is -2.93. The zero-order chi connectivity index (χ0) is 22.1. The number of methoxy groups -OCH3 is 2. The van der Waals surface area contributed by atoms with E-state index >= 15 is 0 Å². The van der Waals surface area contributed by atoms with Crippen molar-refractivity contribution < 1.29 is 14.6 Å². The Kier molecular flexibility index (Phi) is 8.41. The van der Waals surface area contributed by atoms with Crippen LogP contribution < -0.4 is 20.1 Å². The Bertz CT molecular complexity index is 832. The number of guanidine groups is 1. The van der Waals surface area contributed by atoms with Gasteiger partial charge in [-0.3, -0.25) is 9.89 Å². The van der Waals surface area contributed by atoms with Crippen molar-refractivity contribution >= 4 is 5.96 Å². The molecule has 0 aliphatic carbocycles. The number of benzene rings is 2. The third kappa shape index (κ3) is 7.07. The van der Waals surface area contributed by atoms with Gasteiger partial charge in [-0.15, -0.1) is 0 Å². The molecule has 31 heavy (non-hydrogen) atoms. The highest BCUT2D eigenvalue weighted by atomic mass is 16.5. The maximum absolute atomic E-state index is 9.37. The number of aryl methyl sites for hydroxylation is 1. The number of likely N-dealkylation sites (tertiary alicyclic amines) is 1. The quantitative estimate of drug-likeness (QED) is 0.325. The number of nitrogens with zero attached hydrogens (tertiary/aromatic N) is 2. The number of rotatable bonds is 9. The largest absolute Gasteiger partial charge is 0.508 e. The Morgan fingerprint density at radius 2 is 1.81 bits per heavy atom. The van der Waals surface area contributed by atoms with Gasteiger partial charge in [0.15, 0.2) is 5.96 Å². The predicted molar refractivity (Wildman–Crippen MR) is 124 cm³/mol. The van der Waals surface area contributed by atoms with Gasteiger partial charge in [0.1, 0.15) is 17.2 Å². The molecule has 1 aliphatic rings. The molecule has 0 saturated carbocycles. The molecule has 1 unspecified atom stereocenters. The summed E-state index contributed by atoms with van der Waals surface area (Å²) in [5.74, 6) is 2.79. The van der Waals surface area contributed by atoms with Gasteiger partial charge in [-0.2, -0.15) is 0 Å². The molecule has 0 amide bonds. The van der Waals surface area contributed by atoms with Gasteiger partial charge in [-0.25, -0.2) is 0 Å². The topological polar surface area (TPSA) is 78.4 Å². The number of phenolic OH excluding ortho intramolecular Hbond substituents is 1. The van der Waals surface area contributed by atoms with E-state index in [2.05, 4.69) is 32.7 Å². The fourth-order valence-corrected chi connectivity index (χ4v) is 3.86. The minimum Gasteiger partial charge on any atom is -0.508 e. The number of phenols is 1. The maximum Gasteiger partial charge on any atom is 0.191 e. The second-order valence-corrected chi connectivity index (χ2v) is 7.85. The van der Waals surface area contributed by atoms with Crippen LogP contribution in [0.2, 0.25) is 0 Å².